The van der Waals surface area contributed by atoms with E-state index in [1.54, 1.807) is 0 Å². The molecular formula is C16H27N3. The molecule has 1 aliphatic heterocycles. The van der Waals surface area contributed by atoms with Crippen LogP contribution in [0.1, 0.15) is 37.8 Å². The predicted molar refractivity (Wildman–Crippen MR) is 82.0 cm³/mol. The third-order valence-corrected chi connectivity index (χ3v) is 4.11. The Morgan fingerprint density at radius 1 is 1.11 bits per heavy atom. The number of hydrogen-bond donors (Lipinski definition) is 1. The molecule has 19 heavy (non-hydrogen) atoms. The first-order valence-electron chi connectivity index (χ1n) is 7.55. The van der Waals surface area contributed by atoms with E-state index < -0.39 is 0 Å². The highest BCUT2D eigenvalue weighted by Crippen LogP contribution is 2.24. The van der Waals surface area contributed by atoms with E-state index in [0.717, 1.165) is 18.8 Å². The van der Waals surface area contributed by atoms with Crippen LogP contribution in [0.4, 0.5) is 5.69 Å². The maximum Gasteiger partial charge on any atom is 0.0317 e. The van der Waals surface area contributed by atoms with E-state index in [0.29, 0.717) is 0 Å². The molecule has 1 aliphatic rings. The van der Waals surface area contributed by atoms with Crippen molar-refractivity contribution in [2.75, 3.05) is 31.9 Å². The quantitative estimate of drug-likeness (QED) is 0.605. The number of hydrogen-bond acceptors (Lipinski definition) is 3. The zero-order valence-corrected chi connectivity index (χ0v) is 12.4. The van der Waals surface area contributed by atoms with Gasteiger partial charge in [0.15, 0.2) is 0 Å². The number of unbranched alkanes of at least 4 members (excludes halogenated alkanes) is 1. The Labute approximate surface area is 117 Å². The molecule has 3 nitrogen and oxygen atoms in total. The smallest absolute Gasteiger partial charge is 0.0317 e. The van der Waals surface area contributed by atoms with Gasteiger partial charge in [0.05, 0.1) is 0 Å². The average Bonchev–Trinajstić information content (AvgIpc) is 2.80. The lowest BCUT2D eigenvalue weighted by Crippen LogP contribution is -2.25. The van der Waals surface area contributed by atoms with Gasteiger partial charge in [-0.25, -0.2) is 0 Å². The highest BCUT2D eigenvalue weighted by Gasteiger charge is 2.18. The zero-order valence-electron chi connectivity index (χ0n) is 12.4. The third-order valence-electron chi connectivity index (χ3n) is 4.11. The van der Waals surface area contributed by atoms with Crippen molar-refractivity contribution in [3.63, 3.8) is 0 Å². The molecule has 0 atom stereocenters. The van der Waals surface area contributed by atoms with E-state index in [9.17, 15) is 0 Å². The molecule has 0 fully saturated rings. The fourth-order valence-corrected chi connectivity index (χ4v) is 2.85. The number of benzene rings is 1. The van der Waals surface area contributed by atoms with Crippen molar-refractivity contribution >= 4 is 5.69 Å². The van der Waals surface area contributed by atoms with Crippen LogP contribution in [-0.2, 0) is 13.1 Å². The van der Waals surface area contributed by atoms with E-state index in [1.165, 1.54) is 50.1 Å². The number of fused-ring (bicyclic) bond motifs is 1. The maximum atomic E-state index is 5.84. The van der Waals surface area contributed by atoms with Crippen LogP contribution in [-0.4, -0.2) is 36.0 Å². The summed E-state index contributed by atoms with van der Waals surface area (Å²) in [5.41, 5.74) is 9.61. The van der Waals surface area contributed by atoms with Crippen LogP contribution in [0.5, 0.6) is 0 Å². The van der Waals surface area contributed by atoms with Crippen molar-refractivity contribution in [1.82, 2.24) is 9.80 Å². The molecular weight excluding hydrogens is 234 g/mol. The summed E-state index contributed by atoms with van der Waals surface area (Å²) < 4.78 is 0. The Kier molecular flexibility index (Phi) is 5.23. The SMILES string of the molecule is CCN(CC)CCCCN1Cc2ccc(N)cc2C1. The maximum absolute atomic E-state index is 5.84. The number of rotatable bonds is 7. The number of nitrogen functional groups attached to an aromatic ring is 1. The van der Waals surface area contributed by atoms with Crippen molar-refractivity contribution in [3.05, 3.63) is 29.3 Å². The Balaban J connectivity index is 1.69. The standard InChI is InChI=1S/C16H27N3/c1-3-18(4-2)9-5-6-10-19-12-14-7-8-16(17)11-15(14)13-19/h7-8,11H,3-6,9-10,12-13,17H2,1-2H3. The summed E-state index contributed by atoms with van der Waals surface area (Å²) in [7, 11) is 0. The highest BCUT2D eigenvalue weighted by atomic mass is 15.1. The van der Waals surface area contributed by atoms with Crippen LogP contribution in [0.25, 0.3) is 0 Å². The molecule has 0 saturated carbocycles. The first kappa shape index (κ1) is 14.4. The molecule has 106 valence electrons. The number of nitrogens with zero attached hydrogens (tertiary/aromatic N) is 2. The molecule has 0 bridgehead atoms. The number of anilines is 1. The van der Waals surface area contributed by atoms with E-state index in [2.05, 4.69) is 35.8 Å². The molecule has 0 aliphatic carbocycles. The molecule has 0 amide bonds. The van der Waals surface area contributed by atoms with E-state index >= 15 is 0 Å². The first-order valence-corrected chi connectivity index (χ1v) is 7.55. The van der Waals surface area contributed by atoms with Crippen LogP contribution < -0.4 is 5.73 Å². The Morgan fingerprint density at radius 2 is 1.84 bits per heavy atom. The van der Waals surface area contributed by atoms with Crippen molar-refractivity contribution in [3.8, 4) is 0 Å². The first-order chi connectivity index (χ1) is 9.22. The molecule has 0 saturated heterocycles. The second-order valence-electron chi connectivity index (χ2n) is 5.47. The second kappa shape index (κ2) is 6.92. The molecule has 0 spiro atoms. The van der Waals surface area contributed by atoms with Gasteiger partial charge < -0.3 is 10.6 Å². The minimum absolute atomic E-state index is 0.891. The van der Waals surface area contributed by atoms with E-state index in [4.69, 9.17) is 5.73 Å². The lowest BCUT2D eigenvalue weighted by molar-refractivity contribution is 0.255. The van der Waals surface area contributed by atoms with E-state index in [1.807, 2.05) is 6.07 Å². The molecule has 1 heterocycles. The van der Waals surface area contributed by atoms with Gasteiger partial charge in [-0.2, -0.15) is 0 Å². The van der Waals surface area contributed by atoms with E-state index in [-0.39, 0.29) is 0 Å². The molecule has 2 rings (SSSR count). The molecule has 1 aromatic carbocycles. The lowest BCUT2D eigenvalue weighted by Gasteiger charge is -2.19. The molecule has 1 aromatic rings. The summed E-state index contributed by atoms with van der Waals surface area (Å²) in [6.07, 6.45) is 2.59. The van der Waals surface area contributed by atoms with Crippen molar-refractivity contribution in [2.24, 2.45) is 0 Å². The zero-order chi connectivity index (χ0) is 13.7. The van der Waals surface area contributed by atoms with Gasteiger partial charge in [0, 0.05) is 18.8 Å². The van der Waals surface area contributed by atoms with Crippen molar-refractivity contribution in [2.45, 2.75) is 39.8 Å². The molecule has 0 unspecified atom stereocenters. The van der Waals surface area contributed by atoms with Gasteiger partial charge in [0.25, 0.3) is 0 Å². The summed E-state index contributed by atoms with van der Waals surface area (Å²) in [5.74, 6) is 0. The van der Waals surface area contributed by atoms with Crippen LogP contribution in [0.15, 0.2) is 18.2 Å². The normalized spacial score (nSPS) is 15.1. The van der Waals surface area contributed by atoms with Crippen LogP contribution in [0.2, 0.25) is 0 Å². The van der Waals surface area contributed by atoms with Gasteiger partial charge >= 0.3 is 0 Å². The largest absolute Gasteiger partial charge is 0.399 e. The van der Waals surface area contributed by atoms with Crippen molar-refractivity contribution in [1.29, 1.82) is 0 Å². The Bertz CT molecular complexity index is 399. The van der Waals surface area contributed by atoms with Crippen LogP contribution >= 0.6 is 0 Å². The van der Waals surface area contributed by atoms with Crippen molar-refractivity contribution < 1.29 is 0 Å². The Hall–Kier alpha value is -1.06. The topological polar surface area (TPSA) is 32.5 Å². The summed E-state index contributed by atoms with van der Waals surface area (Å²) in [4.78, 5) is 5.03. The van der Waals surface area contributed by atoms with Gasteiger partial charge in [-0.1, -0.05) is 19.9 Å². The van der Waals surface area contributed by atoms with Gasteiger partial charge in [0.1, 0.15) is 0 Å². The number of nitrogens with two attached hydrogens (primary N) is 1. The molecule has 0 aromatic heterocycles. The highest BCUT2D eigenvalue weighted by molar-refractivity contribution is 5.46. The minimum atomic E-state index is 0.891. The Morgan fingerprint density at radius 3 is 2.58 bits per heavy atom. The summed E-state index contributed by atoms with van der Waals surface area (Å²) in [5, 5.41) is 0. The third kappa shape index (κ3) is 3.95. The summed E-state index contributed by atoms with van der Waals surface area (Å²) in [6.45, 7) is 11.4. The van der Waals surface area contributed by atoms with Gasteiger partial charge in [0.2, 0.25) is 0 Å². The minimum Gasteiger partial charge on any atom is -0.399 e. The fourth-order valence-electron chi connectivity index (χ4n) is 2.85. The van der Waals surface area contributed by atoms with Gasteiger partial charge in [-0.05, 0) is 62.3 Å². The monoisotopic (exact) mass is 261 g/mol. The van der Waals surface area contributed by atoms with Gasteiger partial charge in [-0.15, -0.1) is 0 Å². The second-order valence-corrected chi connectivity index (χ2v) is 5.47. The van der Waals surface area contributed by atoms with Crippen LogP contribution in [0, 0.1) is 0 Å². The fraction of sp³-hybridized carbons (Fsp3) is 0.625. The average molecular weight is 261 g/mol. The van der Waals surface area contributed by atoms with Crippen LogP contribution in [0.3, 0.4) is 0 Å². The predicted octanol–water partition coefficient (Wildman–Crippen LogP) is 2.71. The molecule has 2 N–H and O–H groups in total. The summed E-state index contributed by atoms with van der Waals surface area (Å²) >= 11 is 0. The molecule has 3 heteroatoms. The lowest BCUT2D eigenvalue weighted by atomic mass is 10.1. The van der Waals surface area contributed by atoms with Gasteiger partial charge in [-0.3, -0.25) is 4.90 Å². The molecule has 0 radical (unpaired) electrons. The summed E-state index contributed by atoms with van der Waals surface area (Å²) in [6, 6.07) is 6.33.